The van der Waals surface area contributed by atoms with Crippen molar-refractivity contribution in [2.24, 2.45) is 0 Å². The number of hydrogen-bond acceptors (Lipinski definition) is 4. The first-order valence-corrected chi connectivity index (χ1v) is 12.1. The van der Waals surface area contributed by atoms with Gasteiger partial charge in [0.2, 0.25) is 5.91 Å². The fourth-order valence-corrected chi connectivity index (χ4v) is 4.47. The molecule has 0 aromatic heterocycles. The average molecular weight is 467 g/mol. The lowest BCUT2D eigenvalue weighted by Gasteiger charge is -2.18. The Bertz CT molecular complexity index is 945. The first-order chi connectivity index (χ1) is 16.5. The number of carboxylic acids is 1. The summed E-state index contributed by atoms with van der Waals surface area (Å²) >= 11 is 0. The molecular weight excluding hydrogens is 432 g/mol. The van der Waals surface area contributed by atoms with E-state index in [9.17, 15) is 14.4 Å². The number of ether oxygens (including phenoxy) is 1. The number of nitrogens with zero attached hydrogens (tertiary/aromatic N) is 1. The van der Waals surface area contributed by atoms with E-state index < -0.39 is 12.1 Å². The second-order valence-corrected chi connectivity index (χ2v) is 8.57. The highest BCUT2D eigenvalue weighted by Gasteiger charge is 2.28. The first kappa shape index (κ1) is 25.3. The van der Waals surface area contributed by atoms with Gasteiger partial charge < -0.3 is 20.1 Å². The van der Waals surface area contributed by atoms with Crippen LogP contribution >= 0.6 is 0 Å². The third-order valence-electron chi connectivity index (χ3n) is 6.24. The monoisotopic (exact) mass is 466 g/mol. The van der Waals surface area contributed by atoms with E-state index in [4.69, 9.17) is 9.84 Å². The van der Waals surface area contributed by atoms with Crippen LogP contribution in [0.25, 0.3) is 11.1 Å². The van der Waals surface area contributed by atoms with Gasteiger partial charge in [0.15, 0.2) is 0 Å². The molecule has 0 fully saturated rings. The van der Waals surface area contributed by atoms with Crippen molar-refractivity contribution in [2.45, 2.75) is 51.4 Å². The molecule has 2 aromatic carbocycles. The lowest BCUT2D eigenvalue weighted by atomic mass is 9.98. The Labute approximate surface area is 201 Å². The second-order valence-electron chi connectivity index (χ2n) is 8.57. The van der Waals surface area contributed by atoms with Crippen molar-refractivity contribution in [1.29, 1.82) is 0 Å². The SMILES string of the molecule is CCN(CC(=O)O)C(=O)CCCCCCCNC(=O)OCC1c2ccccc2-c2ccccc21. The van der Waals surface area contributed by atoms with Crippen LogP contribution in [0.2, 0.25) is 0 Å². The van der Waals surface area contributed by atoms with Crippen LogP contribution in [0.5, 0.6) is 0 Å². The number of likely N-dealkylation sites (N-methyl/N-ethyl adjacent to an activating group) is 1. The summed E-state index contributed by atoms with van der Waals surface area (Å²) in [6.45, 7) is 2.82. The molecule has 34 heavy (non-hydrogen) atoms. The first-order valence-electron chi connectivity index (χ1n) is 12.1. The Morgan fingerprint density at radius 3 is 2.12 bits per heavy atom. The minimum Gasteiger partial charge on any atom is -0.480 e. The number of amides is 2. The maximum Gasteiger partial charge on any atom is 0.407 e. The highest BCUT2D eigenvalue weighted by atomic mass is 16.5. The van der Waals surface area contributed by atoms with Crippen molar-refractivity contribution < 1.29 is 24.2 Å². The maximum atomic E-state index is 12.2. The van der Waals surface area contributed by atoms with E-state index in [0.717, 1.165) is 32.1 Å². The van der Waals surface area contributed by atoms with Crippen LogP contribution in [0.4, 0.5) is 4.79 Å². The number of rotatable bonds is 13. The third kappa shape index (κ3) is 6.83. The van der Waals surface area contributed by atoms with Gasteiger partial charge in [0.05, 0.1) is 0 Å². The molecule has 3 rings (SSSR count). The van der Waals surface area contributed by atoms with Crippen LogP contribution in [0.3, 0.4) is 0 Å². The van der Waals surface area contributed by atoms with Crippen molar-refractivity contribution in [3.63, 3.8) is 0 Å². The van der Waals surface area contributed by atoms with Gasteiger partial charge >= 0.3 is 12.1 Å². The van der Waals surface area contributed by atoms with Crippen molar-refractivity contribution in [1.82, 2.24) is 10.2 Å². The molecule has 0 atom stereocenters. The Hall–Kier alpha value is -3.35. The molecule has 2 amide bonds. The summed E-state index contributed by atoms with van der Waals surface area (Å²) in [7, 11) is 0. The topological polar surface area (TPSA) is 95.9 Å². The number of aliphatic carboxylic acids is 1. The van der Waals surface area contributed by atoms with Gasteiger partial charge in [-0.1, -0.05) is 67.8 Å². The van der Waals surface area contributed by atoms with E-state index in [1.54, 1.807) is 6.92 Å². The Balaban J connectivity index is 1.28. The van der Waals surface area contributed by atoms with Gasteiger partial charge in [0.25, 0.3) is 0 Å². The van der Waals surface area contributed by atoms with Crippen LogP contribution in [-0.2, 0) is 14.3 Å². The summed E-state index contributed by atoms with van der Waals surface area (Å²) in [5.74, 6) is -1.04. The third-order valence-corrected chi connectivity index (χ3v) is 6.24. The van der Waals surface area contributed by atoms with E-state index in [1.807, 2.05) is 24.3 Å². The summed E-state index contributed by atoms with van der Waals surface area (Å²) in [6.07, 6.45) is 4.38. The molecule has 7 heteroatoms. The molecule has 1 aliphatic rings. The van der Waals surface area contributed by atoms with E-state index in [2.05, 4.69) is 29.6 Å². The number of carboxylic acid groups (broad SMARTS) is 1. The summed E-state index contributed by atoms with van der Waals surface area (Å²) in [6, 6.07) is 16.5. The summed E-state index contributed by atoms with van der Waals surface area (Å²) in [5, 5.41) is 11.7. The number of carbonyl (C=O) groups excluding carboxylic acids is 2. The molecular formula is C27H34N2O5. The van der Waals surface area contributed by atoms with Crippen LogP contribution in [0, 0.1) is 0 Å². The zero-order chi connectivity index (χ0) is 24.3. The summed E-state index contributed by atoms with van der Waals surface area (Å²) in [4.78, 5) is 36.3. The molecule has 0 heterocycles. The number of carbonyl (C=O) groups is 3. The average Bonchev–Trinajstić information content (AvgIpc) is 3.16. The quantitative estimate of drug-likeness (QED) is 0.414. The minimum atomic E-state index is -0.987. The van der Waals surface area contributed by atoms with Crippen LogP contribution in [0.15, 0.2) is 48.5 Å². The highest BCUT2D eigenvalue weighted by Crippen LogP contribution is 2.44. The standard InChI is InChI=1S/C27H34N2O5/c1-2-29(18-26(31)32)25(30)16-6-4-3-5-11-17-28-27(33)34-19-24-22-14-9-7-12-20(22)21-13-8-10-15-23(21)24/h7-10,12-15,24H,2-6,11,16-19H2,1H3,(H,28,33)(H,31,32). The zero-order valence-corrected chi connectivity index (χ0v) is 19.8. The largest absolute Gasteiger partial charge is 0.480 e. The number of nitrogens with one attached hydrogen (secondary N) is 1. The Morgan fingerprint density at radius 2 is 1.50 bits per heavy atom. The lowest BCUT2D eigenvalue weighted by Crippen LogP contribution is -2.35. The van der Waals surface area contributed by atoms with E-state index in [-0.39, 0.29) is 18.4 Å². The van der Waals surface area contributed by atoms with Crippen LogP contribution < -0.4 is 5.32 Å². The van der Waals surface area contributed by atoms with Gasteiger partial charge in [0, 0.05) is 25.4 Å². The van der Waals surface area contributed by atoms with Crippen molar-refractivity contribution in [3.05, 3.63) is 59.7 Å². The second kappa shape index (κ2) is 12.8. The van der Waals surface area contributed by atoms with Gasteiger partial charge in [-0.25, -0.2) is 4.79 Å². The molecule has 2 N–H and O–H groups in total. The van der Waals surface area contributed by atoms with Crippen molar-refractivity contribution in [3.8, 4) is 11.1 Å². The van der Waals surface area contributed by atoms with Gasteiger partial charge in [-0.3, -0.25) is 9.59 Å². The molecule has 0 spiro atoms. The fraction of sp³-hybridized carbons (Fsp3) is 0.444. The zero-order valence-electron chi connectivity index (χ0n) is 19.8. The molecule has 7 nitrogen and oxygen atoms in total. The molecule has 0 radical (unpaired) electrons. The van der Waals surface area contributed by atoms with Crippen molar-refractivity contribution >= 4 is 18.0 Å². The van der Waals surface area contributed by atoms with E-state index >= 15 is 0 Å². The van der Waals surface area contributed by atoms with Gasteiger partial charge in [-0.05, 0) is 42.0 Å². The van der Waals surface area contributed by atoms with Gasteiger partial charge in [-0.15, -0.1) is 0 Å². The Morgan fingerprint density at radius 1 is 0.912 bits per heavy atom. The predicted molar refractivity (Wildman–Crippen MR) is 131 cm³/mol. The minimum absolute atomic E-state index is 0.0555. The van der Waals surface area contributed by atoms with Crippen LogP contribution in [0.1, 0.15) is 62.5 Å². The molecule has 2 aromatic rings. The van der Waals surface area contributed by atoms with E-state index in [0.29, 0.717) is 26.1 Å². The molecule has 0 bridgehead atoms. The molecule has 0 unspecified atom stereocenters. The molecule has 182 valence electrons. The summed E-state index contributed by atoms with van der Waals surface area (Å²) < 4.78 is 5.54. The number of fused-ring (bicyclic) bond motifs is 3. The smallest absolute Gasteiger partial charge is 0.407 e. The van der Waals surface area contributed by atoms with Crippen molar-refractivity contribution in [2.75, 3.05) is 26.2 Å². The van der Waals surface area contributed by atoms with Crippen LogP contribution in [-0.4, -0.2) is 54.2 Å². The van der Waals surface area contributed by atoms with E-state index in [1.165, 1.54) is 27.2 Å². The normalized spacial score (nSPS) is 12.0. The molecule has 1 aliphatic carbocycles. The lowest BCUT2D eigenvalue weighted by molar-refractivity contribution is -0.144. The van der Waals surface area contributed by atoms with Gasteiger partial charge in [-0.2, -0.15) is 0 Å². The number of hydrogen-bond donors (Lipinski definition) is 2. The Kier molecular flexibility index (Phi) is 9.50. The number of benzene rings is 2. The summed E-state index contributed by atoms with van der Waals surface area (Å²) in [5.41, 5.74) is 4.80. The highest BCUT2D eigenvalue weighted by molar-refractivity contribution is 5.81. The molecule has 0 aliphatic heterocycles. The molecule has 0 saturated heterocycles. The number of unbranched alkanes of at least 4 members (excludes halogenated alkanes) is 4. The fourth-order valence-electron chi connectivity index (χ4n) is 4.47. The molecule has 0 saturated carbocycles. The maximum absolute atomic E-state index is 12.2. The number of alkyl carbamates (subject to hydrolysis) is 1. The van der Waals surface area contributed by atoms with Gasteiger partial charge in [0.1, 0.15) is 13.2 Å². The predicted octanol–water partition coefficient (Wildman–Crippen LogP) is 4.80.